The molecule has 5 nitrogen and oxygen atoms in total. The number of aryl methyl sites for hydroxylation is 1. The fourth-order valence-corrected chi connectivity index (χ4v) is 3.85. The molecule has 2 atom stereocenters. The van der Waals surface area contributed by atoms with Gasteiger partial charge in [0.05, 0.1) is 10.8 Å². The summed E-state index contributed by atoms with van der Waals surface area (Å²) in [5, 5.41) is 9.34. The minimum Gasteiger partial charge on any atom is -0.481 e. The summed E-state index contributed by atoms with van der Waals surface area (Å²) in [6.45, 7) is 1.24. The van der Waals surface area contributed by atoms with Gasteiger partial charge in [-0.2, -0.15) is 0 Å². The van der Waals surface area contributed by atoms with Crippen LogP contribution in [-0.2, 0) is 14.8 Å². The van der Waals surface area contributed by atoms with E-state index in [2.05, 4.69) is 4.72 Å². The van der Waals surface area contributed by atoms with Crippen LogP contribution in [0.5, 0.6) is 0 Å². The molecule has 0 spiro atoms. The van der Waals surface area contributed by atoms with Crippen LogP contribution in [0.25, 0.3) is 0 Å². The lowest BCUT2D eigenvalue weighted by molar-refractivity contribution is -0.141. The molecule has 0 unspecified atom stereocenters. The second-order valence-electron chi connectivity index (χ2n) is 5.66. The Bertz CT molecular complexity index is 694. The molecule has 0 amide bonds. The predicted molar refractivity (Wildman–Crippen MR) is 80.2 cm³/mol. The number of hydrogen-bond donors (Lipinski definition) is 2. The van der Waals surface area contributed by atoms with Gasteiger partial charge in [0, 0.05) is 11.6 Å². The third-order valence-corrected chi connectivity index (χ3v) is 5.74. The Labute approximate surface area is 133 Å². The van der Waals surface area contributed by atoms with Crippen LogP contribution in [0, 0.1) is 12.8 Å². The average Bonchev–Trinajstić information content (AvgIpc) is 2.83. The lowest BCUT2D eigenvalue weighted by atomic mass is 10.0. The van der Waals surface area contributed by atoms with E-state index in [9.17, 15) is 17.6 Å². The molecule has 2 rings (SSSR count). The summed E-state index contributed by atoms with van der Waals surface area (Å²) >= 11 is 5.85. The number of rotatable bonds is 5. The molecule has 1 aromatic carbocycles. The summed E-state index contributed by atoms with van der Waals surface area (Å²) in [6, 6.07) is 4.22. The van der Waals surface area contributed by atoms with E-state index in [1.165, 1.54) is 18.2 Å². The van der Waals surface area contributed by atoms with Crippen LogP contribution >= 0.6 is 11.6 Å². The predicted octanol–water partition coefficient (Wildman–Crippen LogP) is 2.52. The van der Waals surface area contributed by atoms with Gasteiger partial charge >= 0.3 is 5.97 Å². The van der Waals surface area contributed by atoms with Crippen LogP contribution in [0.4, 0.5) is 4.39 Å². The molecular weight excluding hydrogens is 333 g/mol. The van der Waals surface area contributed by atoms with Crippen molar-refractivity contribution in [2.75, 3.05) is 6.54 Å². The summed E-state index contributed by atoms with van der Waals surface area (Å²) in [5.41, 5.74) is -1.22. The molecule has 1 aromatic rings. The van der Waals surface area contributed by atoms with Crippen molar-refractivity contribution < 1.29 is 22.7 Å². The first-order valence-corrected chi connectivity index (χ1v) is 8.67. The van der Waals surface area contributed by atoms with Crippen molar-refractivity contribution in [3.63, 3.8) is 0 Å². The quantitative estimate of drug-likeness (QED) is 0.855. The Balaban J connectivity index is 2.07. The molecule has 1 saturated carbocycles. The third-order valence-electron chi connectivity index (χ3n) is 3.92. The zero-order chi connectivity index (χ0) is 16.5. The Kier molecular flexibility index (Phi) is 4.79. The van der Waals surface area contributed by atoms with Crippen LogP contribution in [0.3, 0.4) is 0 Å². The monoisotopic (exact) mass is 349 g/mol. The number of carbonyl (C=O) groups is 1. The molecule has 2 N–H and O–H groups in total. The first kappa shape index (κ1) is 17.2. The van der Waals surface area contributed by atoms with Crippen LogP contribution in [0.1, 0.15) is 24.8 Å². The molecule has 1 aliphatic rings. The average molecular weight is 350 g/mol. The van der Waals surface area contributed by atoms with E-state index >= 15 is 0 Å². The number of hydrogen-bond acceptors (Lipinski definition) is 3. The molecule has 1 aliphatic carbocycles. The van der Waals surface area contributed by atoms with Crippen molar-refractivity contribution in [1.29, 1.82) is 0 Å². The number of sulfonamides is 1. The molecular formula is C14H17ClFNO4S. The minimum absolute atomic E-state index is 0.00535. The van der Waals surface area contributed by atoms with Gasteiger partial charge in [0.1, 0.15) is 5.67 Å². The first-order valence-electron chi connectivity index (χ1n) is 6.80. The molecule has 122 valence electrons. The molecule has 0 aromatic heterocycles. The van der Waals surface area contributed by atoms with Gasteiger partial charge in [-0.15, -0.1) is 0 Å². The number of aliphatic carboxylic acids is 1. The standard InChI is InChI=1S/C14H17ClFNO4S/c1-9-6-11(2-3-12(9)15)22(20,21)17-8-14(16)5-4-10(7-14)13(18)19/h2-3,6,10,17H,4-5,7-8H2,1H3,(H,18,19)/t10-,14-/m1/s1. The Morgan fingerprint density at radius 3 is 2.77 bits per heavy atom. The molecule has 22 heavy (non-hydrogen) atoms. The van der Waals surface area contributed by atoms with Crippen LogP contribution in [-0.4, -0.2) is 31.7 Å². The van der Waals surface area contributed by atoms with E-state index < -0.39 is 34.1 Å². The largest absolute Gasteiger partial charge is 0.481 e. The highest BCUT2D eigenvalue weighted by molar-refractivity contribution is 7.89. The zero-order valence-corrected chi connectivity index (χ0v) is 13.5. The van der Waals surface area contributed by atoms with Gasteiger partial charge in [-0.25, -0.2) is 17.5 Å². The lowest BCUT2D eigenvalue weighted by Crippen LogP contribution is -2.38. The molecule has 0 radical (unpaired) electrons. The Morgan fingerprint density at radius 1 is 1.55 bits per heavy atom. The van der Waals surface area contributed by atoms with E-state index in [0.717, 1.165) is 0 Å². The van der Waals surface area contributed by atoms with Gasteiger partial charge in [-0.05, 0) is 49.9 Å². The first-order chi connectivity index (χ1) is 10.1. The Hall–Kier alpha value is -1.18. The van der Waals surface area contributed by atoms with E-state index in [1.807, 2.05) is 0 Å². The highest BCUT2D eigenvalue weighted by Crippen LogP contribution is 2.37. The fraction of sp³-hybridized carbons (Fsp3) is 0.500. The maximum Gasteiger partial charge on any atom is 0.306 e. The van der Waals surface area contributed by atoms with Crippen molar-refractivity contribution in [3.8, 4) is 0 Å². The van der Waals surface area contributed by atoms with Gasteiger partial charge in [0.2, 0.25) is 10.0 Å². The van der Waals surface area contributed by atoms with Gasteiger partial charge < -0.3 is 5.11 Å². The highest BCUT2D eigenvalue weighted by Gasteiger charge is 2.43. The van der Waals surface area contributed by atoms with E-state index in [0.29, 0.717) is 10.6 Å². The number of carboxylic acid groups (broad SMARTS) is 1. The summed E-state index contributed by atoms with van der Waals surface area (Å²) in [6.07, 6.45) is 0.0737. The van der Waals surface area contributed by atoms with Crippen molar-refractivity contribution >= 4 is 27.6 Å². The molecule has 0 saturated heterocycles. The lowest BCUT2D eigenvalue weighted by Gasteiger charge is -2.20. The molecule has 0 heterocycles. The fourth-order valence-electron chi connectivity index (χ4n) is 2.54. The maximum absolute atomic E-state index is 14.5. The Morgan fingerprint density at radius 2 is 2.23 bits per heavy atom. The van der Waals surface area contributed by atoms with Gasteiger partial charge in [-0.1, -0.05) is 11.6 Å². The zero-order valence-electron chi connectivity index (χ0n) is 12.0. The smallest absolute Gasteiger partial charge is 0.306 e. The van der Waals surface area contributed by atoms with Crippen molar-refractivity contribution in [1.82, 2.24) is 4.72 Å². The minimum atomic E-state index is -3.86. The summed E-state index contributed by atoms with van der Waals surface area (Å²) in [4.78, 5) is 10.9. The van der Waals surface area contributed by atoms with Crippen LogP contribution < -0.4 is 4.72 Å². The van der Waals surface area contributed by atoms with Gasteiger partial charge in [0.15, 0.2) is 0 Å². The number of carboxylic acids is 1. The maximum atomic E-state index is 14.5. The number of nitrogens with one attached hydrogen (secondary N) is 1. The topological polar surface area (TPSA) is 83.5 Å². The molecule has 0 aliphatic heterocycles. The summed E-state index contributed by atoms with van der Waals surface area (Å²) in [7, 11) is -3.86. The molecule has 8 heteroatoms. The van der Waals surface area contributed by atoms with Crippen molar-refractivity contribution in [3.05, 3.63) is 28.8 Å². The molecule has 0 bridgehead atoms. The van der Waals surface area contributed by atoms with Crippen LogP contribution in [0.15, 0.2) is 23.1 Å². The van der Waals surface area contributed by atoms with E-state index in [1.54, 1.807) is 6.92 Å². The van der Waals surface area contributed by atoms with Gasteiger partial charge in [-0.3, -0.25) is 4.79 Å². The molecule has 1 fully saturated rings. The summed E-state index contributed by atoms with van der Waals surface area (Å²) in [5.74, 6) is -1.80. The van der Waals surface area contributed by atoms with Crippen LogP contribution in [0.2, 0.25) is 5.02 Å². The SMILES string of the molecule is Cc1cc(S(=O)(=O)NC[C@@]2(F)CC[C@@H](C(=O)O)C2)ccc1Cl. The summed E-state index contributed by atoms with van der Waals surface area (Å²) < 4.78 is 41.1. The normalized spacial score (nSPS) is 25.3. The van der Waals surface area contributed by atoms with Crippen molar-refractivity contribution in [2.24, 2.45) is 5.92 Å². The van der Waals surface area contributed by atoms with Crippen molar-refractivity contribution in [2.45, 2.75) is 36.8 Å². The van der Waals surface area contributed by atoms with E-state index in [4.69, 9.17) is 16.7 Å². The number of halogens is 2. The second kappa shape index (κ2) is 6.14. The number of benzene rings is 1. The third kappa shape index (κ3) is 3.77. The number of alkyl halides is 1. The van der Waals surface area contributed by atoms with Gasteiger partial charge in [0.25, 0.3) is 0 Å². The second-order valence-corrected chi connectivity index (χ2v) is 7.84. The highest BCUT2D eigenvalue weighted by atomic mass is 35.5. The van der Waals surface area contributed by atoms with E-state index in [-0.39, 0.29) is 24.2 Å².